The van der Waals surface area contributed by atoms with Crippen LogP contribution in [-0.2, 0) is 11.3 Å². The van der Waals surface area contributed by atoms with Crippen LogP contribution < -0.4 is 10.1 Å². The summed E-state index contributed by atoms with van der Waals surface area (Å²) in [4.78, 5) is 26.8. The number of carbonyl (C=O) groups excluding carboxylic acids is 2. The number of rotatable bonds is 6. The average molecular weight is 443 g/mol. The van der Waals surface area contributed by atoms with Gasteiger partial charge in [-0.05, 0) is 69.4 Å². The zero-order valence-corrected chi connectivity index (χ0v) is 18.9. The van der Waals surface area contributed by atoms with Crippen molar-refractivity contribution < 1.29 is 23.5 Å². The SMILES string of the molecule is CC(C)(C)OC(=O)NCC1CCN(C(=O)c2ccccc2OCc2ccc(F)cc2)CC1. The van der Waals surface area contributed by atoms with Crippen LogP contribution in [0.1, 0.15) is 49.5 Å². The van der Waals surface area contributed by atoms with Crippen molar-refractivity contribution in [2.75, 3.05) is 19.6 Å². The Hall–Kier alpha value is -3.09. The molecule has 1 aliphatic rings. The van der Waals surface area contributed by atoms with Crippen molar-refractivity contribution in [2.24, 2.45) is 5.92 Å². The number of likely N-dealkylation sites (tertiary alicyclic amines) is 1. The number of amides is 2. The van der Waals surface area contributed by atoms with Crippen LogP contribution in [-0.4, -0.2) is 42.1 Å². The number of para-hydroxylation sites is 1. The molecule has 0 radical (unpaired) electrons. The van der Waals surface area contributed by atoms with Gasteiger partial charge in [0.05, 0.1) is 5.56 Å². The van der Waals surface area contributed by atoms with E-state index in [0.29, 0.717) is 36.9 Å². The first-order chi connectivity index (χ1) is 15.2. The first-order valence-corrected chi connectivity index (χ1v) is 10.9. The molecule has 3 rings (SSSR count). The number of benzene rings is 2. The Labute approximate surface area is 188 Å². The van der Waals surface area contributed by atoms with Gasteiger partial charge in [0.2, 0.25) is 0 Å². The summed E-state index contributed by atoms with van der Waals surface area (Å²) in [7, 11) is 0. The number of hydrogen-bond donors (Lipinski definition) is 1. The van der Waals surface area contributed by atoms with Gasteiger partial charge in [0, 0.05) is 19.6 Å². The van der Waals surface area contributed by atoms with Gasteiger partial charge >= 0.3 is 6.09 Å². The lowest BCUT2D eigenvalue weighted by Crippen LogP contribution is -2.42. The highest BCUT2D eigenvalue weighted by atomic mass is 19.1. The highest BCUT2D eigenvalue weighted by Gasteiger charge is 2.26. The number of piperidine rings is 1. The van der Waals surface area contributed by atoms with Crippen LogP contribution in [0.3, 0.4) is 0 Å². The second-order valence-corrected chi connectivity index (χ2v) is 9.03. The van der Waals surface area contributed by atoms with Crippen LogP contribution in [0.2, 0.25) is 0 Å². The van der Waals surface area contributed by atoms with Gasteiger partial charge in [0.15, 0.2) is 0 Å². The van der Waals surface area contributed by atoms with Crippen LogP contribution in [0.25, 0.3) is 0 Å². The van der Waals surface area contributed by atoms with Crippen molar-refractivity contribution in [3.63, 3.8) is 0 Å². The fraction of sp³-hybridized carbons (Fsp3) is 0.440. The molecule has 0 atom stereocenters. The molecule has 0 aromatic heterocycles. The van der Waals surface area contributed by atoms with Crippen molar-refractivity contribution in [3.8, 4) is 5.75 Å². The van der Waals surface area contributed by atoms with Crippen LogP contribution in [0.5, 0.6) is 5.75 Å². The molecule has 1 N–H and O–H groups in total. The first kappa shape index (κ1) is 23.6. The first-order valence-electron chi connectivity index (χ1n) is 10.9. The van der Waals surface area contributed by atoms with Gasteiger partial charge in [-0.1, -0.05) is 24.3 Å². The monoisotopic (exact) mass is 442 g/mol. The van der Waals surface area contributed by atoms with Crippen molar-refractivity contribution in [1.29, 1.82) is 0 Å². The highest BCUT2D eigenvalue weighted by Crippen LogP contribution is 2.24. The van der Waals surface area contributed by atoms with Gasteiger partial charge in [-0.25, -0.2) is 9.18 Å². The molecule has 2 amide bonds. The van der Waals surface area contributed by atoms with Crippen molar-refractivity contribution in [2.45, 2.75) is 45.8 Å². The highest BCUT2D eigenvalue weighted by molar-refractivity contribution is 5.97. The number of nitrogens with zero attached hydrogens (tertiary/aromatic N) is 1. The molecule has 2 aromatic rings. The largest absolute Gasteiger partial charge is 0.488 e. The van der Waals surface area contributed by atoms with Crippen molar-refractivity contribution in [3.05, 3.63) is 65.5 Å². The number of ether oxygens (including phenoxy) is 2. The van der Waals surface area contributed by atoms with Gasteiger partial charge in [0.1, 0.15) is 23.8 Å². The minimum atomic E-state index is -0.522. The number of carbonyl (C=O) groups is 2. The van der Waals surface area contributed by atoms with Crippen LogP contribution in [0, 0.1) is 11.7 Å². The maximum atomic E-state index is 13.1. The molecule has 1 aliphatic heterocycles. The molecule has 1 heterocycles. The van der Waals surface area contributed by atoms with Crippen molar-refractivity contribution >= 4 is 12.0 Å². The van der Waals surface area contributed by atoms with Gasteiger partial charge in [-0.2, -0.15) is 0 Å². The number of nitrogens with one attached hydrogen (secondary N) is 1. The third kappa shape index (κ3) is 6.97. The smallest absolute Gasteiger partial charge is 0.407 e. The molecule has 1 saturated heterocycles. The Morgan fingerprint density at radius 2 is 1.72 bits per heavy atom. The number of alkyl carbamates (subject to hydrolysis) is 1. The van der Waals surface area contributed by atoms with E-state index in [1.54, 1.807) is 24.3 Å². The summed E-state index contributed by atoms with van der Waals surface area (Å²) in [6.45, 7) is 7.52. The lowest BCUT2D eigenvalue weighted by molar-refractivity contribution is 0.0499. The van der Waals surface area contributed by atoms with Gasteiger partial charge in [0.25, 0.3) is 5.91 Å². The molecule has 0 unspecified atom stereocenters. The minimum absolute atomic E-state index is 0.0711. The van der Waals surface area contributed by atoms with Crippen LogP contribution in [0.4, 0.5) is 9.18 Å². The normalized spacial score (nSPS) is 14.7. The van der Waals surface area contributed by atoms with E-state index in [9.17, 15) is 14.0 Å². The van der Waals surface area contributed by atoms with E-state index in [-0.39, 0.29) is 18.3 Å². The average Bonchev–Trinajstić information content (AvgIpc) is 2.76. The zero-order chi connectivity index (χ0) is 23.1. The fourth-order valence-electron chi connectivity index (χ4n) is 3.56. The molecule has 0 aliphatic carbocycles. The molecule has 0 bridgehead atoms. The summed E-state index contributed by atoms with van der Waals surface area (Å²) in [6, 6.07) is 13.3. The standard InChI is InChI=1S/C25H31FN2O4/c1-25(2,3)32-24(30)27-16-18-12-14-28(15-13-18)23(29)21-6-4-5-7-22(21)31-17-19-8-10-20(26)11-9-19/h4-11,18H,12-17H2,1-3H3,(H,27,30). The lowest BCUT2D eigenvalue weighted by atomic mass is 9.96. The Balaban J connectivity index is 1.51. The van der Waals surface area contributed by atoms with Gasteiger partial charge < -0.3 is 19.7 Å². The van der Waals surface area contributed by atoms with E-state index >= 15 is 0 Å². The van der Waals surface area contributed by atoms with E-state index in [1.165, 1.54) is 12.1 Å². The van der Waals surface area contributed by atoms with E-state index < -0.39 is 11.7 Å². The zero-order valence-electron chi connectivity index (χ0n) is 18.9. The fourth-order valence-corrected chi connectivity index (χ4v) is 3.56. The molecule has 2 aromatic carbocycles. The Morgan fingerprint density at radius 3 is 2.38 bits per heavy atom. The molecular weight excluding hydrogens is 411 g/mol. The number of halogens is 1. The summed E-state index contributed by atoms with van der Waals surface area (Å²) in [6.07, 6.45) is 1.20. The van der Waals surface area contributed by atoms with Gasteiger partial charge in [-0.15, -0.1) is 0 Å². The molecule has 1 fully saturated rings. The Kier molecular flexibility index (Phi) is 7.72. The van der Waals surface area contributed by atoms with E-state index in [1.807, 2.05) is 37.8 Å². The van der Waals surface area contributed by atoms with Crippen molar-refractivity contribution in [1.82, 2.24) is 10.2 Å². The second kappa shape index (κ2) is 10.5. The molecule has 32 heavy (non-hydrogen) atoms. The second-order valence-electron chi connectivity index (χ2n) is 9.03. The predicted molar refractivity (Wildman–Crippen MR) is 120 cm³/mol. The van der Waals surface area contributed by atoms with Crippen LogP contribution >= 0.6 is 0 Å². The van der Waals surface area contributed by atoms with E-state index in [2.05, 4.69) is 5.32 Å². The summed E-state index contributed by atoms with van der Waals surface area (Å²) in [5.74, 6) is 0.444. The summed E-state index contributed by atoms with van der Waals surface area (Å²) >= 11 is 0. The molecule has 6 nitrogen and oxygen atoms in total. The Morgan fingerprint density at radius 1 is 1.06 bits per heavy atom. The summed E-state index contributed by atoms with van der Waals surface area (Å²) < 4.78 is 24.2. The van der Waals surface area contributed by atoms with Gasteiger partial charge in [-0.3, -0.25) is 4.79 Å². The summed E-state index contributed by atoms with van der Waals surface area (Å²) in [5, 5.41) is 2.82. The number of hydrogen-bond acceptors (Lipinski definition) is 4. The van der Waals surface area contributed by atoms with E-state index in [4.69, 9.17) is 9.47 Å². The lowest BCUT2D eigenvalue weighted by Gasteiger charge is -2.32. The third-order valence-corrected chi connectivity index (χ3v) is 5.26. The molecule has 0 spiro atoms. The molecule has 7 heteroatoms. The summed E-state index contributed by atoms with van der Waals surface area (Å²) in [5.41, 5.74) is 0.818. The Bertz CT molecular complexity index is 916. The topological polar surface area (TPSA) is 67.9 Å². The maximum Gasteiger partial charge on any atom is 0.407 e. The van der Waals surface area contributed by atoms with E-state index in [0.717, 1.165) is 18.4 Å². The minimum Gasteiger partial charge on any atom is -0.488 e. The maximum absolute atomic E-state index is 13.1. The third-order valence-electron chi connectivity index (χ3n) is 5.26. The predicted octanol–water partition coefficient (Wildman–Crippen LogP) is 4.78. The molecule has 0 saturated carbocycles. The van der Waals surface area contributed by atoms with Crippen LogP contribution in [0.15, 0.2) is 48.5 Å². The quantitative estimate of drug-likeness (QED) is 0.699. The molecular formula is C25H31FN2O4. The molecule has 172 valence electrons.